The normalized spacial score (nSPS) is 19.1. The van der Waals surface area contributed by atoms with Gasteiger partial charge in [0.2, 0.25) is 0 Å². The molecular formula is C22H16Cl2F3NO2. The summed E-state index contributed by atoms with van der Waals surface area (Å²) in [7, 11) is 0. The summed E-state index contributed by atoms with van der Waals surface area (Å²) in [5.41, 5.74) is -0.0255. The molecule has 0 amide bonds. The van der Waals surface area contributed by atoms with E-state index in [9.17, 15) is 13.2 Å². The number of hydrogen-bond acceptors (Lipinski definition) is 3. The van der Waals surface area contributed by atoms with E-state index in [1.54, 1.807) is 42.5 Å². The Balaban J connectivity index is 1.59. The van der Waals surface area contributed by atoms with Crippen LogP contribution in [0.2, 0.25) is 10.0 Å². The predicted molar refractivity (Wildman–Crippen MR) is 109 cm³/mol. The summed E-state index contributed by atoms with van der Waals surface area (Å²) in [6.45, 7) is 0.366. The molecule has 2 atom stereocenters. The molecule has 1 N–H and O–H groups in total. The van der Waals surface area contributed by atoms with E-state index < -0.39 is 24.1 Å². The van der Waals surface area contributed by atoms with E-state index in [-0.39, 0.29) is 11.3 Å². The lowest BCUT2D eigenvalue weighted by molar-refractivity contribution is -0.139. The van der Waals surface area contributed by atoms with Gasteiger partial charge < -0.3 is 9.47 Å². The fourth-order valence-corrected chi connectivity index (χ4v) is 3.60. The van der Waals surface area contributed by atoms with E-state index in [4.69, 9.17) is 32.7 Å². The highest BCUT2D eigenvalue weighted by atomic mass is 35.5. The molecular weight excluding hydrogens is 438 g/mol. The Morgan fingerprint density at radius 3 is 2.33 bits per heavy atom. The third kappa shape index (κ3) is 4.73. The molecule has 156 valence electrons. The Hall–Kier alpha value is -2.25. The molecule has 8 heteroatoms. The minimum Gasteiger partial charge on any atom is -0.457 e. The van der Waals surface area contributed by atoms with Crippen LogP contribution in [-0.2, 0) is 10.9 Å². The minimum absolute atomic E-state index is 0.00418. The highest BCUT2D eigenvalue weighted by Crippen LogP contribution is 2.41. The SMILES string of the molecule is FC(F)(F)c1cc(Oc2ccc(Cl)cc2)ccc1C1NCC(c2cccc(Cl)c2)O1. The van der Waals surface area contributed by atoms with Gasteiger partial charge in [-0.1, -0.05) is 41.4 Å². The molecule has 1 saturated heterocycles. The zero-order valence-electron chi connectivity index (χ0n) is 15.4. The number of hydrogen-bond donors (Lipinski definition) is 1. The second kappa shape index (κ2) is 8.47. The van der Waals surface area contributed by atoms with E-state index in [1.165, 1.54) is 12.1 Å². The summed E-state index contributed by atoms with van der Waals surface area (Å²) in [4.78, 5) is 0. The fraction of sp³-hybridized carbons (Fsp3) is 0.182. The molecule has 3 aromatic carbocycles. The Bertz CT molecular complexity index is 1040. The summed E-state index contributed by atoms with van der Waals surface area (Å²) in [6.07, 6.45) is -5.89. The van der Waals surface area contributed by atoms with Gasteiger partial charge in [0.25, 0.3) is 0 Å². The van der Waals surface area contributed by atoms with Gasteiger partial charge in [0.15, 0.2) is 0 Å². The lowest BCUT2D eigenvalue weighted by atomic mass is 10.1. The van der Waals surface area contributed by atoms with Crippen molar-refractivity contribution in [3.05, 3.63) is 93.5 Å². The van der Waals surface area contributed by atoms with Gasteiger partial charge in [-0.3, -0.25) is 5.32 Å². The Kier molecular flexibility index (Phi) is 5.93. The maximum Gasteiger partial charge on any atom is 0.416 e. The van der Waals surface area contributed by atoms with Crippen molar-refractivity contribution in [2.75, 3.05) is 6.54 Å². The Labute approximate surface area is 181 Å². The van der Waals surface area contributed by atoms with Crippen LogP contribution in [0.4, 0.5) is 13.2 Å². The van der Waals surface area contributed by atoms with E-state index in [1.807, 2.05) is 6.07 Å². The van der Waals surface area contributed by atoms with Crippen LogP contribution in [0.25, 0.3) is 0 Å². The van der Waals surface area contributed by atoms with Crippen molar-refractivity contribution in [1.29, 1.82) is 0 Å². The van der Waals surface area contributed by atoms with Crippen LogP contribution in [0, 0.1) is 0 Å². The second-order valence-electron chi connectivity index (χ2n) is 6.77. The van der Waals surface area contributed by atoms with Gasteiger partial charge in [0.05, 0.1) is 11.7 Å². The van der Waals surface area contributed by atoms with Crippen molar-refractivity contribution in [3.8, 4) is 11.5 Å². The molecule has 3 nitrogen and oxygen atoms in total. The van der Waals surface area contributed by atoms with Crippen LogP contribution in [-0.4, -0.2) is 6.54 Å². The van der Waals surface area contributed by atoms with E-state index in [0.29, 0.717) is 22.3 Å². The molecule has 0 aromatic heterocycles. The average molecular weight is 454 g/mol. The molecule has 1 heterocycles. The zero-order chi connectivity index (χ0) is 21.3. The highest BCUT2D eigenvalue weighted by Gasteiger charge is 2.38. The van der Waals surface area contributed by atoms with Crippen LogP contribution < -0.4 is 10.1 Å². The van der Waals surface area contributed by atoms with Gasteiger partial charge in [-0.25, -0.2) is 0 Å². The second-order valence-corrected chi connectivity index (χ2v) is 7.64. The fourth-order valence-electron chi connectivity index (χ4n) is 3.27. The Morgan fingerprint density at radius 2 is 1.63 bits per heavy atom. The number of ether oxygens (including phenoxy) is 2. The quantitative estimate of drug-likeness (QED) is 0.454. The molecule has 4 rings (SSSR count). The summed E-state index contributed by atoms with van der Waals surface area (Å²) in [6, 6.07) is 17.3. The molecule has 1 fully saturated rings. The van der Waals surface area contributed by atoms with Gasteiger partial charge in [0.1, 0.15) is 17.7 Å². The van der Waals surface area contributed by atoms with Gasteiger partial charge >= 0.3 is 6.18 Å². The molecule has 2 unspecified atom stereocenters. The molecule has 1 aliphatic rings. The lowest BCUT2D eigenvalue weighted by Crippen LogP contribution is -2.19. The van der Waals surface area contributed by atoms with E-state index in [2.05, 4.69) is 5.32 Å². The standard InChI is InChI=1S/C22H16Cl2F3NO2/c23-14-4-6-16(7-5-14)29-17-8-9-18(19(11-17)22(25,26)27)21-28-12-20(30-21)13-2-1-3-15(24)10-13/h1-11,20-21,28H,12H2. The van der Waals surface area contributed by atoms with Crippen molar-refractivity contribution in [3.63, 3.8) is 0 Å². The largest absolute Gasteiger partial charge is 0.457 e. The van der Waals surface area contributed by atoms with Gasteiger partial charge in [0, 0.05) is 22.2 Å². The molecule has 0 saturated carbocycles. The predicted octanol–water partition coefficient (Wildman–Crippen LogP) is 7.16. The van der Waals surface area contributed by atoms with Crippen LogP contribution in [0.3, 0.4) is 0 Å². The van der Waals surface area contributed by atoms with Crippen LogP contribution in [0.1, 0.15) is 29.0 Å². The van der Waals surface area contributed by atoms with Crippen molar-refractivity contribution < 1.29 is 22.6 Å². The van der Waals surface area contributed by atoms with Crippen LogP contribution >= 0.6 is 23.2 Å². The van der Waals surface area contributed by atoms with Crippen LogP contribution in [0.15, 0.2) is 66.7 Å². The van der Waals surface area contributed by atoms with E-state index >= 15 is 0 Å². The monoisotopic (exact) mass is 453 g/mol. The van der Waals surface area contributed by atoms with Gasteiger partial charge in [-0.05, 0) is 54.1 Å². The summed E-state index contributed by atoms with van der Waals surface area (Å²) >= 11 is 11.8. The molecule has 30 heavy (non-hydrogen) atoms. The number of rotatable bonds is 4. The third-order valence-electron chi connectivity index (χ3n) is 4.67. The third-order valence-corrected chi connectivity index (χ3v) is 5.16. The summed E-state index contributed by atoms with van der Waals surface area (Å²) < 4.78 is 52.7. The molecule has 0 spiro atoms. The van der Waals surface area contributed by atoms with Gasteiger partial charge in [-0.15, -0.1) is 0 Å². The van der Waals surface area contributed by atoms with Crippen molar-refractivity contribution >= 4 is 23.2 Å². The van der Waals surface area contributed by atoms with Crippen molar-refractivity contribution in [2.24, 2.45) is 0 Å². The molecule has 0 radical (unpaired) electrons. The first kappa shape index (κ1) is 21.0. The Morgan fingerprint density at radius 1 is 0.900 bits per heavy atom. The topological polar surface area (TPSA) is 30.5 Å². The number of nitrogens with one attached hydrogen (secondary N) is 1. The van der Waals surface area contributed by atoms with Crippen molar-refractivity contribution in [1.82, 2.24) is 5.32 Å². The molecule has 0 aliphatic carbocycles. The van der Waals surface area contributed by atoms with Crippen LogP contribution in [0.5, 0.6) is 11.5 Å². The first-order chi connectivity index (χ1) is 14.3. The zero-order valence-corrected chi connectivity index (χ0v) is 16.9. The maximum absolute atomic E-state index is 13.8. The lowest BCUT2D eigenvalue weighted by Gasteiger charge is -2.20. The highest BCUT2D eigenvalue weighted by molar-refractivity contribution is 6.30. The number of alkyl halides is 3. The maximum atomic E-state index is 13.8. The minimum atomic E-state index is -4.58. The van der Waals surface area contributed by atoms with E-state index in [0.717, 1.165) is 11.6 Å². The summed E-state index contributed by atoms with van der Waals surface area (Å²) in [5, 5.41) is 4.06. The summed E-state index contributed by atoms with van der Waals surface area (Å²) in [5.74, 6) is 0.453. The van der Waals surface area contributed by atoms with Gasteiger partial charge in [-0.2, -0.15) is 13.2 Å². The molecule has 1 aliphatic heterocycles. The first-order valence-corrected chi connectivity index (χ1v) is 9.84. The molecule has 0 bridgehead atoms. The van der Waals surface area contributed by atoms with Crippen molar-refractivity contribution in [2.45, 2.75) is 18.5 Å². The molecule has 3 aromatic rings. The smallest absolute Gasteiger partial charge is 0.416 e. The number of halogens is 5. The first-order valence-electron chi connectivity index (χ1n) is 9.08. The number of benzene rings is 3. The average Bonchev–Trinajstić information content (AvgIpc) is 3.19.